The number of esters is 1. The lowest BCUT2D eigenvalue weighted by Gasteiger charge is -2.30. The summed E-state index contributed by atoms with van der Waals surface area (Å²) >= 11 is 0. The minimum absolute atomic E-state index is 0.105. The summed E-state index contributed by atoms with van der Waals surface area (Å²) in [5, 5.41) is 17.9. The molecule has 0 aromatic rings. The van der Waals surface area contributed by atoms with Crippen LogP contribution in [0.25, 0.3) is 0 Å². The van der Waals surface area contributed by atoms with Gasteiger partial charge in [0, 0.05) is 11.8 Å². The summed E-state index contributed by atoms with van der Waals surface area (Å²) in [6.07, 6.45) is 8.26. The molecule has 0 atom stereocenters. The van der Waals surface area contributed by atoms with E-state index in [1.165, 1.54) is 7.11 Å². The third-order valence-electron chi connectivity index (χ3n) is 2.91. The van der Waals surface area contributed by atoms with Crippen molar-refractivity contribution in [2.24, 2.45) is 5.41 Å². The molecule has 0 saturated heterocycles. The van der Waals surface area contributed by atoms with E-state index in [-0.39, 0.29) is 24.6 Å². The Morgan fingerprint density at radius 3 is 2.05 bits per heavy atom. The SMILES string of the molecule is CC.CCCC(=O)OC.OCC1(CO)CC=CCC1. The maximum atomic E-state index is 10.2. The highest BCUT2D eigenvalue weighted by molar-refractivity contribution is 5.68. The second kappa shape index (κ2) is 13.6. The first-order chi connectivity index (χ1) is 9.14. The van der Waals surface area contributed by atoms with Crippen LogP contribution in [0.15, 0.2) is 12.2 Å². The number of aliphatic hydroxyl groups excluding tert-OH is 2. The van der Waals surface area contributed by atoms with E-state index in [0.29, 0.717) is 6.42 Å². The van der Waals surface area contributed by atoms with Gasteiger partial charge < -0.3 is 14.9 Å². The van der Waals surface area contributed by atoms with Crippen molar-refractivity contribution in [1.29, 1.82) is 0 Å². The van der Waals surface area contributed by atoms with Gasteiger partial charge in [-0.3, -0.25) is 4.79 Å². The topological polar surface area (TPSA) is 66.8 Å². The fourth-order valence-corrected chi connectivity index (χ4v) is 1.59. The number of allylic oxidation sites excluding steroid dienone is 2. The standard InChI is InChI=1S/C8H14O2.C5H10O2.C2H6/c9-6-8(7-10)4-2-1-3-5-8;1-3-4-5(6)7-2;1-2/h1-2,9-10H,3-7H2;3-4H2,1-2H3;1-2H3. The normalized spacial score (nSPS) is 15.5. The van der Waals surface area contributed by atoms with Crippen LogP contribution in [0, 0.1) is 5.41 Å². The Morgan fingerprint density at radius 2 is 1.84 bits per heavy atom. The number of methoxy groups -OCH3 is 1. The van der Waals surface area contributed by atoms with Crippen LogP contribution in [-0.2, 0) is 9.53 Å². The first-order valence-electron chi connectivity index (χ1n) is 7.07. The molecule has 0 fully saturated rings. The molecule has 114 valence electrons. The van der Waals surface area contributed by atoms with Gasteiger partial charge in [0.1, 0.15) is 0 Å². The molecule has 19 heavy (non-hydrogen) atoms. The monoisotopic (exact) mass is 274 g/mol. The highest BCUT2D eigenvalue weighted by atomic mass is 16.5. The number of carbonyl (C=O) groups excluding carboxylic acids is 1. The molecule has 0 unspecified atom stereocenters. The molecule has 0 amide bonds. The number of ether oxygens (including phenoxy) is 1. The second-order valence-electron chi connectivity index (χ2n) is 4.36. The molecular formula is C15H30O4. The molecule has 1 aliphatic rings. The van der Waals surface area contributed by atoms with Gasteiger partial charge in [0.25, 0.3) is 0 Å². The molecule has 1 aliphatic carbocycles. The van der Waals surface area contributed by atoms with E-state index in [0.717, 1.165) is 25.7 Å². The second-order valence-corrected chi connectivity index (χ2v) is 4.36. The van der Waals surface area contributed by atoms with Gasteiger partial charge in [-0.15, -0.1) is 0 Å². The quantitative estimate of drug-likeness (QED) is 0.611. The molecule has 0 radical (unpaired) electrons. The van der Waals surface area contributed by atoms with E-state index in [4.69, 9.17) is 10.2 Å². The Labute approximate surface area is 117 Å². The lowest BCUT2D eigenvalue weighted by atomic mass is 9.79. The van der Waals surface area contributed by atoms with Crippen molar-refractivity contribution in [3.05, 3.63) is 12.2 Å². The average Bonchev–Trinajstić information content (AvgIpc) is 2.50. The summed E-state index contributed by atoms with van der Waals surface area (Å²) in [5.41, 5.74) is -0.214. The summed E-state index contributed by atoms with van der Waals surface area (Å²) in [7, 11) is 1.40. The van der Waals surface area contributed by atoms with Gasteiger partial charge in [0.05, 0.1) is 20.3 Å². The van der Waals surface area contributed by atoms with Crippen LogP contribution in [0.2, 0.25) is 0 Å². The van der Waals surface area contributed by atoms with Crippen molar-refractivity contribution < 1.29 is 19.7 Å². The minimum Gasteiger partial charge on any atom is -0.469 e. The molecule has 4 nitrogen and oxygen atoms in total. The van der Waals surface area contributed by atoms with Crippen LogP contribution in [0.3, 0.4) is 0 Å². The maximum absolute atomic E-state index is 10.2. The summed E-state index contributed by atoms with van der Waals surface area (Å²) in [5.74, 6) is -0.123. The zero-order chi connectivity index (χ0) is 15.1. The van der Waals surface area contributed by atoms with Crippen molar-refractivity contribution in [3.63, 3.8) is 0 Å². The summed E-state index contributed by atoms with van der Waals surface area (Å²) in [6.45, 7) is 6.15. The summed E-state index contributed by atoms with van der Waals surface area (Å²) in [4.78, 5) is 10.2. The van der Waals surface area contributed by atoms with Crippen molar-refractivity contribution in [2.45, 2.75) is 52.9 Å². The van der Waals surface area contributed by atoms with Crippen LogP contribution >= 0.6 is 0 Å². The number of carbonyl (C=O) groups is 1. The van der Waals surface area contributed by atoms with Crippen LogP contribution in [0.1, 0.15) is 52.9 Å². The number of hydrogen-bond donors (Lipinski definition) is 2. The van der Waals surface area contributed by atoms with Gasteiger partial charge in [0.2, 0.25) is 0 Å². The van der Waals surface area contributed by atoms with Gasteiger partial charge in [-0.1, -0.05) is 32.9 Å². The van der Waals surface area contributed by atoms with Crippen LogP contribution in [-0.4, -0.2) is 36.5 Å². The minimum atomic E-state index is -0.214. The number of aliphatic hydroxyl groups is 2. The molecule has 0 aromatic heterocycles. The van der Waals surface area contributed by atoms with Crippen molar-refractivity contribution in [2.75, 3.05) is 20.3 Å². The third-order valence-corrected chi connectivity index (χ3v) is 2.91. The van der Waals surface area contributed by atoms with Crippen molar-refractivity contribution >= 4 is 5.97 Å². The maximum Gasteiger partial charge on any atom is 0.305 e. The van der Waals surface area contributed by atoms with E-state index in [2.05, 4.69) is 10.8 Å². The van der Waals surface area contributed by atoms with E-state index in [1.54, 1.807) is 0 Å². The Kier molecular flexibility index (Phi) is 14.6. The smallest absolute Gasteiger partial charge is 0.305 e. The molecule has 0 heterocycles. The van der Waals surface area contributed by atoms with Gasteiger partial charge >= 0.3 is 5.97 Å². The van der Waals surface area contributed by atoms with Crippen LogP contribution in [0.5, 0.6) is 0 Å². The van der Waals surface area contributed by atoms with Gasteiger partial charge in [0.15, 0.2) is 0 Å². The Bertz CT molecular complexity index is 232. The first-order valence-corrected chi connectivity index (χ1v) is 7.07. The Hall–Kier alpha value is -0.870. The van der Waals surface area contributed by atoms with Gasteiger partial charge in [-0.25, -0.2) is 0 Å². The van der Waals surface area contributed by atoms with Gasteiger partial charge in [-0.05, 0) is 25.7 Å². The molecule has 0 spiro atoms. The summed E-state index contributed by atoms with van der Waals surface area (Å²) < 4.78 is 4.35. The predicted molar refractivity (Wildman–Crippen MR) is 77.9 cm³/mol. The lowest BCUT2D eigenvalue weighted by molar-refractivity contribution is -0.140. The molecule has 4 heteroatoms. The molecule has 2 N–H and O–H groups in total. The third kappa shape index (κ3) is 9.68. The molecular weight excluding hydrogens is 244 g/mol. The highest BCUT2D eigenvalue weighted by Crippen LogP contribution is 2.31. The van der Waals surface area contributed by atoms with Crippen molar-refractivity contribution in [1.82, 2.24) is 0 Å². The summed E-state index contributed by atoms with van der Waals surface area (Å²) in [6, 6.07) is 0. The van der Waals surface area contributed by atoms with E-state index in [1.807, 2.05) is 26.8 Å². The first kappa shape index (κ1) is 20.4. The number of rotatable bonds is 4. The molecule has 0 bridgehead atoms. The molecule has 1 rings (SSSR count). The fourth-order valence-electron chi connectivity index (χ4n) is 1.59. The van der Waals surface area contributed by atoms with E-state index in [9.17, 15) is 4.79 Å². The zero-order valence-corrected chi connectivity index (χ0v) is 12.8. The fraction of sp³-hybridized carbons (Fsp3) is 0.800. The molecule has 0 aliphatic heterocycles. The lowest BCUT2D eigenvalue weighted by Crippen LogP contribution is -2.30. The average molecular weight is 274 g/mol. The highest BCUT2D eigenvalue weighted by Gasteiger charge is 2.28. The largest absolute Gasteiger partial charge is 0.469 e. The van der Waals surface area contributed by atoms with E-state index < -0.39 is 0 Å². The Balaban J connectivity index is 0. The van der Waals surface area contributed by atoms with Gasteiger partial charge in [-0.2, -0.15) is 0 Å². The van der Waals surface area contributed by atoms with Crippen molar-refractivity contribution in [3.8, 4) is 0 Å². The van der Waals surface area contributed by atoms with Crippen LogP contribution in [0.4, 0.5) is 0 Å². The molecule has 0 aromatic carbocycles. The van der Waals surface area contributed by atoms with Crippen LogP contribution < -0.4 is 0 Å². The van der Waals surface area contributed by atoms with E-state index >= 15 is 0 Å². The molecule has 0 saturated carbocycles. The number of hydrogen-bond acceptors (Lipinski definition) is 4. The Morgan fingerprint density at radius 1 is 1.26 bits per heavy atom. The predicted octanol–water partition coefficient (Wildman–Crippen LogP) is 2.68. The zero-order valence-electron chi connectivity index (χ0n) is 12.8.